The van der Waals surface area contributed by atoms with Crippen LogP contribution in [0.5, 0.6) is 0 Å². The Labute approximate surface area is 114 Å². The molecule has 2 heterocycles. The molecular weight excluding hydrogens is 275 g/mol. The summed E-state index contributed by atoms with van der Waals surface area (Å²) in [6, 6.07) is 3.27. The molecule has 0 aliphatic carbocycles. The van der Waals surface area contributed by atoms with E-state index < -0.39 is 0 Å². The van der Waals surface area contributed by atoms with Gasteiger partial charge in [-0.1, -0.05) is 36.5 Å². The molecule has 0 aliphatic rings. The lowest BCUT2D eigenvalue weighted by Crippen LogP contribution is -2.12. The summed E-state index contributed by atoms with van der Waals surface area (Å²) in [6.45, 7) is 2.07. The monoisotopic (exact) mass is 286 g/mol. The fourth-order valence-corrected chi connectivity index (χ4v) is 1.85. The number of rotatable bonds is 4. The summed E-state index contributed by atoms with van der Waals surface area (Å²) in [5, 5.41) is 10.1. The molecule has 1 amide bonds. The van der Waals surface area contributed by atoms with Crippen molar-refractivity contribution >= 4 is 34.9 Å². The largest absolute Gasteiger partial charge is 0.340 e. The van der Waals surface area contributed by atoms with Gasteiger partial charge in [0.2, 0.25) is 0 Å². The lowest BCUT2D eigenvalue weighted by Gasteiger charge is -1.97. The fraction of sp³-hybridized carbons (Fsp3) is 0.273. The average Bonchev–Trinajstić information content (AvgIpc) is 2.88. The Bertz CT molecular complexity index is 542. The summed E-state index contributed by atoms with van der Waals surface area (Å²) in [7, 11) is 0. The van der Waals surface area contributed by atoms with E-state index in [1.54, 1.807) is 6.07 Å². The van der Waals surface area contributed by atoms with Crippen molar-refractivity contribution in [2.45, 2.75) is 19.8 Å². The van der Waals surface area contributed by atoms with Crippen molar-refractivity contribution in [2.24, 2.45) is 0 Å². The lowest BCUT2D eigenvalue weighted by atomic mass is 10.2. The average molecular weight is 287 g/mol. The number of carbonyl (C=O) groups is 1. The maximum Gasteiger partial charge on any atom is 0.273 e. The van der Waals surface area contributed by atoms with Crippen molar-refractivity contribution in [1.29, 1.82) is 0 Å². The molecule has 7 heteroatoms. The van der Waals surface area contributed by atoms with Gasteiger partial charge in [-0.05, 0) is 12.5 Å². The summed E-state index contributed by atoms with van der Waals surface area (Å²) in [6.07, 6.45) is 1.90. The number of amides is 1. The minimum atomic E-state index is -0.335. The highest BCUT2D eigenvalue weighted by molar-refractivity contribution is 6.41. The number of nitrogens with zero attached hydrogens (tertiary/aromatic N) is 1. The van der Waals surface area contributed by atoms with Crippen LogP contribution in [-0.4, -0.2) is 21.1 Å². The van der Waals surface area contributed by atoms with Crippen LogP contribution >= 0.6 is 23.2 Å². The zero-order chi connectivity index (χ0) is 13.1. The van der Waals surface area contributed by atoms with Gasteiger partial charge in [0.15, 0.2) is 5.82 Å². The Morgan fingerprint density at radius 3 is 2.83 bits per heavy atom. The molecule has 0 spiro atoms. The van der Waals surface area contributed by atoms with Gasteiger partial charge in [0.25, 0.3) is 5.91 Å². The van der Waals surface area contributed by atoms with E-state index in [9.17, 15) is 4.79 Å². The first-order valence-corrected chi connectivity index (χ1v) is 6.25. The third kappa shape index (κ3) is 2.86. The van der Waals surface area contributed by atoms with Crippen LogP contribution in [-0.2, 0) is 6.42 Å². The molecule has 5 nitrogen and oxygen atoms in total. The van der Waals surface area contributed by atoms with E-state index in [4.69, 9.17) is 23.2 Å². The van der Waals surface area contributed by atoms with Gasteiger partial charge in [0.05, 0.1) is 5.02 Å². The van der Waals surface area contributed by atoms with Crippen molar-refractivity contribution in [3.63, 3.8) is 0 Å². The van der Waals surface area contributed by atoms with E-state index in [0.717, 1.165) is 18.5 Å². The van der Waals surface area contributed by atoms with E-state index in [2.05, 4.69) is 27.4 Å². The van der Waals surface area contributed by atoms with Crippen molar-refractivity contribution in [3.05, 3.63) is 33.7 Å². The highest BCUT2D eigenvalue weighted by Crippen LogP contribution is 2.22. The van der Waals surface area contributed by atoms with Gasteiger partial charge >= 0.3 is 0 Å². The number of aromatic nitrogens is 3. The lowest BCUT2D eigenvalue weighted by molar-refractivity contribution is 0.102. The van der Waals surface area contributed by atoms with Crippen LogP contribution in [0.4, 0.5) is 5.82 Å². The summed E-state index contributed by atoms with van der Waals surface area (Å²) in [4.78, 5) is 14.5. The van der Waals surface area contributed by atoms with E-state index in [-0.39, 0.29) is 11.1 Å². The van der Waals surface area contributed by atoms with Gasteiger partial charge in [-0.15, -0.1) is 0 Å². The number of aromatic amines is 2. The third-order valence-corrected chi connectivity index (χ3v) is 3.05. The predicted octanol–water partition coefficient (Wildman–Crippen LogP) is 3.25. The first kappa shape index (κ1) is 13.0. The Morgan fingerprint density at radius 2 is 2.22 bits per heavy atom. The zero-order valence-corrected chi connectivity index (χ0v) is 11.2. The molecule has 0 aromatic carbocycles. The molecule has 0 fully saturated rings. The first-order valence-electron chi connectivity index (χ1n) is 5.49. The van der Waals surface area contributed by atoms with E-state index >= 15 is 0 Å². The van der Waals surface area contributed by atoms with Crippen LogP contribution in [0.3, 0.4) is 0 Å². The Morgan fingerprint density at radius 1 is 1.44 bits per heavy atom. The summed E-state index contributed by atoms with van der Waals surface area (Å²) >= 11 is 11.5. The van der Waals surface area contributed by atoms with E-state index in [1.807, 2.05) is 0 Å². The molecule has 0 atom stereocenters. The minimum absolute atomic E-state index is 0.246. The second-order valence-electron chi connectivity index (χ2n) is 3.83. The Hall–Kier alpha value is -1.46. The van der Waals surface area contributed by atoms with Crippen LogP contribution in [0.25, 0.3) is 0 Å². The van der Waals surface area contributed by atoms with Gasteiger partial charge in [0, 0.05) is 11.8 Å². The second kappa shape index (κ2) is 5.46. The van der Waals surface area contributed by atoms with Gasteiger partial charge in [-0.2, -0.15) is 5.10 Å². The minimum Gasteiger partial charge on any atom is -0.340 e. The van der Waals surface area contributed by atoms with Crippen LogP contribution in [0, 0.1) is 0 Å². The molecule has 2 aromatic rings. The number of H-pyrrole nitrogens is 2. The quantitative estimate of drug-likeness (QED) is 0.807. The van der Waals surface area contributed by atoms with Gasteiger partial charge in [0.1, 0.15) is 10.8 Å². The summed E-state index contributed by atoms with van der Waals surface area (Å²) in [5.41, 5.74) is 1.28. The summed E-state index contributed by atoms with van der Waals surface area (Å²) < 4.78 is 0. The number of nitrogens with one attached hydrogen (secondary N) is 3. The molecule has 0 unspecified atom stereocenters. The van der Waals surface area contributed by atoms with E-state index in [0.29, 0.717) is 16.5 Å². The fourth-order valence-electron chi connectivity index (χ4n) is 1.53. The topological polar surface area (TPSA) is 73.6 Å². The van der Waals surface area contributed by atoms with Crippen molar-refractivity contribution < 1.29 is 4.79 Å². The van der Waals surface area contributed by atoms with Crippen LogP contribution < -0.4 is 5.32 Å². The maximum absolute atomic E-state index is 11.8. The molecule has 0 saturated carbocycles. The van der Waals surface area contributed by atoms with E-state index in [1.165, 1.54) is 6.07 Å². The smallest absolute Gasteiger partial charge is 0.273 e. The van der Waals surface area contributed by atoms with Crippen LogP contribution in [0.1, 0.15) is 29.5 Å². The van der Waals surface area contributed by atoms with Crippen LogP contribution in [0.2, 0.25) is 10.2 Å². The second-order valence-corrected chi connectivity index (χ2v) is 4.61. The maximum atomic E-state index is 11.8. The zero-order valence-electron chi connectivity index (χ0n) is 9.68. The van der Waals surface area contributed by atoms with Gasteiger partial charge in [-0.3, -0.25) is 9.89 Å². The number of carbonyl (C=O) groups excluding carboxylic acids is 1. The number of hydrogen-bond donors (Lipinski definition) is 3. The number of hydrogen-bond acceptors (Lipinski definition) is 2. The van der Waals surface area contributed by atoms with Crippen molar-refractivity contribution in [2.75, 3.05) is 5.32 Å². The van der Waals surface area contributed by atoms with Crippen molar-refractivity contribution in [1.82, 2.24) is 15.2 Å². The molecule has 3 N–H and O–H groups in total. The molecule has 2 aromatic heterocycles. The molecule has 0 aliphatic heterocycles. The molecule has 96 valence electrons. The van der Waals surface area contributed by atoms with Gasteiger partial charge < -0.3 is 10.3 Å². The summed E-state index contributed by atoms with van der Waals surface area (Å²) in [5.74, 6) is 0.142. The molecule has 2 rings (SSSR count). The molecule has 18 heavy (non-hydrogen) atoms. The standard InChI is InChI=1S/C11H12Cl2N4O/c1-2-3-6-4-9(17-16-6)15-11(18)8-5-7(12)10(13)14-8/h4-5,14H,2-3H2,1H3,(H2,15,16,17,18). The highest BCUT2D eigenvalue weighted by atomic mass is 35.5. The predicted molar refractivity (Wildman–Crippen MR) is 71.3 cm³/mol. The number of halogens is 2. The number of anilines is 1. The molecule has 0 saturated heterocycles. The number of aryl methyl sites for hydroxylation is 1. The van der Waals surface area contributed by atoms with Crippen molar-refractivity contribution in [3.8, 4) is 0 Å². The molecular formula is C11H12Cl2N4O. The third-order valence-electron chi connectivity index (χ3n) is 2.36. The normalized spacial score (nSPS) is 10.6. The Balaban J connectivity index is 2.06. The first-order chi connectivity index (χ1) is 8.60. The molecule has 0 radical (unpaired) electrons. The van der Waals surface area contributed by atoms with Crippen LogP contribution in [0.15, 0.2) is 12.1 Å². The van der Waals surface area contributed by atoms with Gasteiger partial charge in [-0.25, -0.2) is 0 Å². The highest BCUT2D eigenvalue weighted by Gasteiger charge is 2.13. The Kier molecular flexibility index (Phi) is 3.93. The SMILES string of the molecule is CCCc1cc(NC(=O)c2cc(Cl)c(Cl)[nH]2)n[nH]1. The molecule has 0 bridgehead atoms.